The van der Waals surface area contributed by atoms with E-state index in [9.17, 15) is 4.79 Å². The Balaban J connectivity index is 1.67. The number of benzene rings is 1. The fourth-order valence-corrected chi connectivity index (χ4v) is 3.26. The van der Waals surface area contributed by atoms with Crippen molar-refractivity contribution in [3.63, 3.8) is 0 Å². The van der Waals surface area contributed by atoms with Gasteiger partial charge >= 0.3 is 6.03 Å². The minimum absolute atomic E-state index is 0.0756. The average molecular weight is 338 g/mol. The van der Waals surface area contributed by atoms with Gasteiger partial charge in [-0.15, -0.1) is 0 Å². The summed E-state index contributed by atoms with van der Waals surface area (Å²) in [5, 5.41) is 6.01. The number of anilines is 2. The molecule has 1 aromatic carbocycles. The molecule has 5 heteroatoms. The Hall–Kier alpha value is -2.56. The number of pyridine rings is 1. The molecule has 1 fully saturated rings. The van der Waals surface area contributed by atoms with Crippen molar-refractivity contribution in [3.05, 3.63) is 54.4 Å². The van der Waals surface area contributed by atoms with Crippen LogP contribution in [0.15, 0.2) is 48.8 Å². The standard InChI is InChI=1S/C20H26N4O/c1-16(17-10-12-21-13-11-17)22-20(25)23-18-8-4-5-9-19(18)24-14-6-2-3-7-15-24/h4-5,8-13,16H,2-3,6-7,14-15H2,1H3,(H2,22,23,25). The van der Waals surface area contributed by atoms with E-state index in [4.69, 9.17) is 0 Å². The second kappa shape index (κ2) is 8.51. The first-order valence-electron chi connectivity index (χ1n) is 9.05. The highest BCUT2D eigenvalue weighted by Gasteiger charge is 2.15. The van der Waals surface area contributed by atoms with E-state index in [1.165, 1.54) is 25.7 Å². The largest absolute Gasteiger partial charge is 0.370 e. The van der Waals surface area contributed by atoms with E-state index in [0.717, 1.165) is 30.0 Å². The molecular weight excluding hydrogens is 312 g/mol. The molecule has 1 aliphatic rings. The van der Waals surface area contributed by atoms with E-state index in [2.05, 4.69) is 26.6 Å². The van der Waals surface area contributed by atoms with Gasteiger partial charge in [-0.05, 0) is 49.6 Å². The number of hydrogen-bond acceptors (Lipinski definition) is 3. The van der Waals surface area contributed by atoms with E-state index >= 15 is 0 Å². The third-order valence-corrected chi connectivity index (χ3v) is 4.65. The Kier molecular flexibility index (Phi) is 5.88. The molecule has 0 saturated carbocycles. The summed E-state index contributed by atoms with van der Waals surface area (Å²) in [7, 11) is 0. The summed E-state index contributed by atoms with van der Waals surface area (Å²) in [5.74, 6) is 0. The van der Waals surface area contributed by atoms with E-state index < -0.39 is 0 Å². The monoisotopic (exact) mass is 338 g/mol. The van der Waals surface area contributed by atoms with Gasteiger partial charge in [-0.1, -0.05) is 25.0 Å². The zero-order chi connectivity index (χ0) is 17.5. The molecule has 25 heavy (non-hydrogen) atoms. The number of hydrogen-bond donors (Lipinski definition) is 2. The minimum Gasteiger partial charge on any atom is -0.370 e. The highest BCUT2D eigenvalue weighted by Crippen LogP contribution is 2.28. The minimum atomic E-state index is -0.188. The number of nitrogens with one attached hydrogen (secondary N) is 2. The number of urea groups is 1. The molecule has 2 aromatic rings. The smallest absolute Gasteiger partial charge is 0.319 e. The highest BCUT2D eigenvalue weighted by molar-refractivity contribution is 5.93. The molecule has 0 aliphatic carbocycles. The molecule has 0 radical (unpaired) electrons. The number of aromatic nitrogens is 1. The Bertz CT molecular complexity index is 681. The van der Waals surface area contributed by atoms with Crippen LogP contribution in [0, 0.1) is 0 Å². The number of rotatable bonds is 4. The summed E-state index contributed by atoms with van der Waals surface area (Å²) in [5.41, 5.74) is 3.01. The molecule has 5 nitrogen and oxygen atoms in total. The lowest BCUT2D eigenvalue weighted by Gasteiger charge is -2.25. The SMILES string of the molecule is CC(NC(=O)Nc1ccccc1N1CCCCCC1)c1ccncc1. The van der Waals surface area contributed by atoms with E-state index in [1.807, 2.05) is 37.3 Å². The fourth-order valence-electron chi connectivity index (χ4n) is 3.26. The Morgan fingerprint density at radius 1 is 1.04 bits per heavy atom. The Morgan fingerprint density at radius 3 is 2.44 bits per heavy atom. The van der Waals surface area contributed by atoms with Crippen LogP contribution < -0.4 is 15.5 Å². The van der Waals surface area contributed by atoms with Crippen LogP contribution in [0.4, 0.5) is 16.2 Å². The van der Waals surface area contributed by atoms with Gasteiger partial charge in [-0.3, -0.25) is 4.98 Å². The van der Waals surface area contributed by atoms with Crippen LogP contribution in [-0.2, 0) is 0 Å². The first-order valence-corrected chi connectivity index (χ1v) is 9.05. The molecule has 1 aliphatic heterocycles. The molecule has 2 heterocycles. The molecule has 1 saturated heterocycles. The van der Waals surface area contributed by atoms with Gasteiger partial charge in [0.15, 0.2) is 0 Å². The first-order chi connectivity index (χ1) is 12.2. The molecule has 0 bridgehead atoms. The van der Waals surface area contributed by atoms with Crippen molar-refractivity contribution < 1.29 is 4.79 Å². The number of nitrogens with zero attached hydrogens (tertiary/aromatic N) is 2. The van der Waals surface area contributed by atoms with E-state index in [0.29, 0.717) is 0 Å². The van der Waals surface area contributed by atoms with Crippen molar-refractivity contribution in [2.75, 3.05) is 23.3 Å². The maximum absolute atomic E-state index is 12.4. The van der Waals surface area contributed by atoms with Crippen LogP contribution >= 0.6 is 0 Å². The van der Waals surface area contributed by atoms with Crippen LogP contribution in [0.1, 0.15) is 44.2 Å². The maximum Gasteiger partial charge on any atom is 0.319 e. The zero-order valence-corrected chi connectivity index (χ0v) is 14.7. The van der Waals surface area contributed by atoms with Crippen molar-refractivity contribution in [1.82, 2.24) is 10.3 Å². The molecule has 1 atom stereocenters. The Morgan fingerprint density at radius 2 is 1.72 bits per heavy atom. The van der Waals surface area contributed by atoms with Crippen LogP contribution in [0.3, 0.4) is 0 Å². The lowest BCUT2D eigenvalue weighted by molar-refractivity contribution is 0.249. The van der Waals surface area contributed by atoms with Gasteiger partial charge < -0.3 is 15.5 Å². The Labute approximate surface area is 149 Å². The fraction of sp³-hybridized carbons (Fsp3) is 0.400. The predicted octanol–water partition coefficient (Wildman–Crippen LogP) is 4.34. The zero-order valence-electron chi connectivity index (χ0n) is 14.7. The first kappa shape index (κ1) is 17.3. The molecule has 2 amide bonds. The van der Waals surface area contributed by atoms with Crippen LogP contribution in [0.5, 0.6) is 0 Å². The summed E-state index contributed by atoms with van der Waals surface area (Å²) in [4.78, 5) is 18.8. The summed E-state index contributed by atoms with van der Waals surface area (Å²) >= 11 is 0. The molecule has 1 aromatic heterocycles. The topological polar surface area (TPSA) is 57.3 Å². The molecule has 0 spiro atoms. The van der Waals surface area contributed by atoms with E-state index in [-0.39, 0.29) is 12.1 Å². The van der Waals surface area contributed by atoms with E-state index in [1.54, 1.807) is 12.4 Å². The third-order valence-electron chi connectivity index (χ3n) is 4.65. The molecule has 2 N–H and O–H groups in total. The lowest BCUT2D eigenvalue weighted by atomic mass is 10.1. The summed E-state index contributed by atoms with van der Waals surface area (Å²) in [6.45, 7) is 4.07. The van der Waals surface area contributed by atoms with Gasteiger partial charge in [0.1, 0.15) is 0 Å². The van der Waals surface area contributed by atoms with Crippen LogP contribution in [0.2, 0.25) is 0 Å². The molecule has 132 valence electrons. The number of amides is 2. The van der Waals surface area contributed by atoms with Gasteiger partial charge in [0, 0.05) is 25.5 Å². The lowest BCUT2D eigenvalue weighted by Crippen LogP contribution is -2.32. The van der Waals surface area contributed by atoms with Crippen molar-refractivity contribution >= 4 is 17.4 Å². The third kappa shape index (κ3) is 4.72. The number of carbonyl (C=O) groups is 1. The van der Waals surface area contributed by atoms with Crippen LogP contribution in [0.25, 0.3) is 0 Å². The van der Waals surface area contributed by atoms with Gasteiger partial charge in [0.05, 0.1) is 17.4 Å². The van der Waals surface area contributed by atoms with Crippen LogP contribution in [-0.4, -0.2) is 24.1 Å². The quantitative estimate of drug-likeness (QED) is 0.871. The van der Waals surface area contributed by atoms with Gasteiger partial charge in [0.2, 0.25) is 0 Å². The molecular formula is C20H26N4O. The number of carbonyl (C=O) groups excluding carboxylic acids is 1. The van der Waals surface area contributed by atoms with Crippen molar-refractivity contribution in [3.8, 4) is 0 Å². The molecule has 1 unspecified atom stereocenters. The normalized spacial score (nSPS) is 16.0. The average Bonchev–Trinajstić information content (AvgIpc) is 2.92. The highest BCUT2D eigenvalue weighted by atomic mass is 16.2. The maximum atomic E-state index is 12.4. The van der Waals surface area contributed by atoms with Crippen molar-refractivity contribution in [1.29, 1.82) is 0 Å². The van der Waals surface area contributed by atoms with Gasteiger partial charge in [-0.25, -0.2) is 4.79 Å². The second-order valence-electron chi connectivity index (χ2n) is 6.52. The van der Waals surface area contributed by atoms with Gasteiger partial charge in [0.25, 0.3) is 0 Å². The van der Waals surface area contributed by atoms with Crippen molar-refractivity contribution in [2.45, 2.75) is 38.6 Å². The predicted molar refractivity (Wildman–Crippen MR) is 102 cm³/mol. The second-order valence-corrected chi connectivity index (χ2v) is 6.52. The van der Waals surface area contributed by atoms with Gasteiger partial charge in [-0.2, -0.15) is 0 Å². The van der Waals surface area contributed by atoms with Crippen molar-refractivity contribution in [2.24, 2.45) is 0 Å². The summed E-state index contributed by atoms with van der Waals surface area (Å²) in [6, 6.07) is 11.6. The number of para-hydroxylation sites is 2. The summed E-state index contributed by atoms with van der Waals surface area (Å²) in [6.07, 6.45) is 8.46. The molecule has 3 rings (SSSR count). The summed E-state index contributed by atoms with van der Waals surface area (Å²) < 4.78 is 0.